The van der Waals surface area contributed by atoms with Crippen molar-refractivity contribution in [3.8, 4) is 11.3 Å². The van der Waals surface area contributed by atoms with E-state index in [0.29, 0.717) is 11.6 Å². The Bertz CT molecular complexity index is 692. The Labute approximate surface area is 141 Å². The number of carbonyl (C=O) groups is 1. The minimum Gasteiger partial charge on any atom is -0.337 e. The van der Waals surface area contributed by atoms with E-state index in [-0.39, 0.29) is 5.91 Å². The molecule has 2 saturated heterocycles. The number of hydrogen-bond acceptors (Lipinski definition) is 4. The van der Waals surface area contributed by atoms with Gasteiger partial charge in [0.25, 0.3) is 5.91 Å². The summed E-state index contributed by atoms with van der Waals surface area (Å²) in [5.74, 6) is 0.0836. The summed E-state index contributed by atoms with van der Waals surface area (Å²) in [5, 5.41) is 10.5. The van der Waals surface area contributed by atoms with Crippen LogP contribution in [0, 0.1) is 0 Å². The molecule has 0 aliphatic carbocycles. The van der Waals surface area contributed by atoms with Crippen molar-refractivity contribution in [3.05, 3.63) is 42.1 Å². The molecule has 2 N–H and O–H groups in total. The number of rotatable bonds is 3. The second kappa shape index (κ2) is 6.75. The molecular formula is C18H23N5O. The number of aromatic nitrogens is 2. The van der Waals surface area contributed by atoms with Gasteiger partial charge in [0.2, 0.25) is 0 Å². The van der Waals surface area contributed by atoms with Crippen molar-refractivity contribution in [1.29, 1.82) is 0 Å². The van der Waals surface area contributed by atoms with Crippen LogP contribution in [-0.4, -0.2) is 71.2 Å². The van der Waals surface area contributed by atoms with E-state index in [0.717, 1.165) is 56.9 Å². The Kier molecular flexibility index (Phi) is 4.32. The number of hydrogen-bond donors (Lipinski definition) is 2. The molecule has 1 aromatic carbocycles. The molecule has 4 rings (SSSR count). The Morgan fingerprint density at radius 3 is 2.71 bits per heavy atom. The van der Waals surface area contributed by atoms with Crippen molar-refractivity contribution in [2.75, 3.05) is 39.3 Å². The number of aromatic amines is 1. The summed E-state index contributed by atoms with van der Waals surface area (Å²) >= 11 is 0. The largest absolute Gasteiger partial charge is 0.337 e. The second-order valence-corrected chi connectivity index (χ2v) is 6.50. The van der Waals surface area contributed by atoms with Crippen molar-refractivity contribution in [1.82, 2.24) is 25.3 Å². The molecule has 0 spiro atoms. The minimum absolute atomic E-state index is 0.0836. The SMILES string of the molecule is O=C(c1cn[nH]c1-c1ccccc1)N1CCC(N2CCNCC2)C1. The third-order valence-electron chi connectivity index (χ3n) is 5.05. The molecule has 126 valence electrons. The van der Waals surface area contributed by atoms with Gasteiger partial charge in [-0.2, -0.15) is 5.10 Å². The van der Waals surface area contributed by atoms with Gasteiger partial charge in [0.1, 0.15) is 0 Å². The summed E-state index contributed by atoms with van der Waals surface area (Å²) in [4.78, 5) is 17.5. The number of H-pyrrole nitrogens is 1. The van der Waals surface area contributed by atoms with Crippen molar-refractivity contribution < 1.29 is 4.79 Å². The zero-order valence-corrected chi connectivity index (χ0v) is 13.7. The lowest BCUT2D eigenvalue weighted by atomic mass is 10.1. The fourth-order valence-corrected chi connectivity index (χ4v) is 3.72. The number of piperazine rings is 1. The van der Waals surface area contributed by atoms with Crippen molar-refractivity contribution in [2.24, 2.45) is 0 Å². The highest BCUT2D eigenvalue weighted by molar-refractivity contribution is 5.99. The average Bonchev–Trinajstić information content (AvgIpc) is 3.32. The summed E-state index contributed by atoms with van der Waals surface area (Å²) in [5.41, 5.74) is 2.48. The molecule has 2 aliphatic rings. The molecule has 6 heteroatoms. The van der Waals surface area contributed by atoms with E-state index in [1.54, 1.807) is 6.20 Å². The predicted molar refractivity (Wildman–Crippen MR) is 92.8 cm³/mol. The van der Waals surface area contributed by atoms with Gasteiger partial charge in [-0.05, 0) is 6.42 Å². The van der Waals surface area contributed by atoms with E-state index < -0.39 is 0 Å². The topological polar surface area (TPSA) is 64.3 Å². The van der Waals surface area contributed by atoms with E-state index in [1.165, 1.54) is 0 Å². The number of benzene rings is 1. The third-order valence-corrected chi connectivity index (χ3v) is 5.05. The predicted octanol–water partition coefficient (Wildman–Crippen LogP) is 1.20. The summed E-state index contributed by atoms with van der Waals surface area (Å²) in [6.45, 7) is 5.89. The molecule has 0 bridgehead atoms. The monoisotopic (exact) mass is 325 g/mol. The van der Waals surface area contributed by atoms with Crippen molar-refractivity contribution >= 4 is 5.91 Å². The van der Waals surface area contributed by atoms with Gasteiger partial charge in [0.05, 0.1) is 17.5 Å². The molecule has 3 heterocycles. The van der Waals surface area contributed by atoms with Gasteiger partial charge in [-0.25, -0.2) is 0 Å². The number of carbonyl (C=O) groups excluding carboxylic acids is 1. The quantitative estimate of drug-likeness (QED) is 0.890. The van der Waals surface area contributed by atoms with Crippen LogP contribution in [-0.2, 0) is 0 Å². The highest BCUT2D eigenvalue weighted by atomic mass is 16.2. The summed E-state index contributed by atoms with van der Waals surface area (Å²) in [6.07, 6.45) is 2.72. The van der Waals surface area contributed by atoms with E-state index in [2.05, 4.69) is 20.4 Å². The maximum absolute atomic E-state index is 13.0. The minimum atomic E-state index is 0.0836. The fraction of sp³-hybridized carbons (Fsp3) is 0.444. The van der Waals surface area contributed by atoms with Crippen LogP contribution in [0.25, 0.3) is 11.3 Å². The number of likely N-dealkylation sites (tertiary alicyclic amines) is 1. The van der Waals surface area contributed by atoms with Crippen LogP contribution in [0.5, 0.6) is 0 Å². The lowest BCUT2D eigenvalue weighted by Crippen LogP contribution is -2.49. The fourth-order valence-electron chi connectivity index (χ4n) is 3.72. The Hall–Kier alpha value is -2.18. The molecule has 1 aromatic heterocycles. The molecule has 2 aromatic rings. The van der Waals surface area contributed by atoms with Gasteiger partial charge in [0, 0.05) is 50.9 Å². The third kappa shape index (κ3) is 2.95. The molecule has 2 fully saturated rings. The molecule has 0 radical (unpaired) electrons. The van der Waals surface area contributed by atoms with Gasteiger partial charge in [-0.15, -0.1) is 0 Å². The van der Waals surface area contributed by atoms with Crippen LogP contribution in [0.1, 0.15) is 16.8 Å². The van der Waals surface area contributed by atoms with E-state index in [9.17, 15) is 4.79 Å². The highest BCUT2D eigenvalue weighted by Gasteiger charge is 2.32. The van der Waals surface area contributed by atoms with E-state index in [4.69, 9.17) is 0 Å². The summed E-state index contributed by atoms with van der Waals surface area (Å²) in [6, 6.07) is 10.4. The maximum atomic E-state index is 13.0. The Balaban J connectivity index is 1.48. The molecule has 1 unspecified atom stereocenters. The van der Waals surface area contributed by atoms with E-state index in [1.807, 2.05) is 35.2 Å². The molecular weight excluding hydrogens is 302 g/mol. The maximum Gasteiger partial charge on any atom is 0.257 e. The molecule has 6 nitrogen and oxygen atoms in total. The molecule has 1 atom stereocenters. The van der Waals surface area contributed by atoms with Gasteiger partial charge < -0.3 is 10.2 Å². The zero-order chi connectivity index (χ0) is 16.4. The van der Waals surface area contributed by atoms with Crippen LogP contribution in [0.4, 0.5) is 0 Å². The van der Waals surface area contributed by atoms with E-state index >= 15 is 0 Å². The lowest BCUT2D eigenvalue weighted by Gasteiger charge is -2.32. The first-order valence-corrected chi connectivity index (χ1v) is 8.66. The van der Waals surface area contributed by atoms with Gasteiger partial charge in [-0.1, -0.05) is 30.3 Å². The standard InChI is InChI=1S/C18H23N5O/c24-18(16-12-20-21-17(16)14-4-2-1-3-5-14)23-9-6-15(13-23)22-10-7-19-8-11-22/h1-5,12,15,19H,6-11,13H2,(H,20,21). The first-order valence-electron chi connectivity index (χ1n) is 8.66. The highest BCUT2D eigenvalue weighted by Crippen LogP contribution is 2.24. The second-order valence-electron chi connectivity index (χ2n) is 6.50. The van der Waals surface area contributed by atoms with Gasteiger partial charge >= 0.3 is 0 Å². The number of amides is 1. The zero-order valence-electron chi connectivity index (χ0n) is 13.7. The van der Waals surface area contributed by atoms with Crippen molar-refractivity contribution in [3.63, 3.8) is 0 Å². The molecule has 1 amide bonds. The smallest absolute Gasteiger partial charge is 0.257 e. The number of nitrogens with zero attached hydrogens (tertiary/aromatic N) is 3. The first-order chi connectivity index (χ1) is 11.8. The molecule has 2 aliphatic heterocycles. The van der Waals surface area contributed by atoms with Gasteiger partial charge in [-0.3, -0.25) is 14.8 Å². The van der Waals surface area contributed by atoms with Crippen LogP contribution in [0.3, 0.4) is 0 Å². The normalized spacial score (nSPS) is 22.0. The summed E-state index contributed by atoms with van der Waals surface area (Å²) < 4.78 is 0. The van der Waals surface area contributed by atoms with Crippen LogP contribution in [0.15, 0.2) is 36.5 Å². The van der Waals surface area contributed by atoms with Crippen molar-refractivity contribution in [2.45, 2.75) is 12.5 Å². The van der Waals surface area contributed by atoms with Crippen LogP contribution in [0.2, 0.25) is 0 Å². The molecule has 24 heavy (non-hydrogen) atoms. The summed E-state index contributed by atoms with van der Waals surface area (Å²) in [7, 11) is 0. The Morgan fingerprint density at radius 1 is 1.12 bits per heavy atom. The molecule has 0 saturated carbocycles. The lowest BCUT2D eigenvalue weighted by molar-refractivity contribution is 0.0774. The number of nitrogens with one attached hydrogen (secondary N) is 2. The Morgan fingerprint density at radius 2 is 1.92 bits per heavy atom. The van der Waals surface area contributed by atoms with Gasteiger partial charge in [0.15, 0.2) is 0 Å². The first kappa shape index (κ1) is 15.4. The van der Waals surface area contributed by atoms with Crippen LogP contribution >= 0.6 is 0 Å². The van der Waals surface area contributed by atoms with Crippen LogP contribution < -0.4 is 5.32 Å². The average molecular weight is 325 g/mol.